The number of hydrogen-bond donors (Lipinski definition) is 1. The summed E-state index contributed by atoms with van der Waals surface area (Å²) in [4.78, 5) is 4.29. The summed E-state index contributed by atoms with van der Waals surface area (Å²) < 4.78 is 26.4. The quantitative estimate of drug-likeness (QED) is 0.707. The smallest absolute Gasteiger partial charge is 0.252 e. The first-order valence-electron chi connectivity index (χ1n) is 7.26. The van der Waals surface area contributed by atoms with Crippen LogP contribution >= 0.6 is 22.9 Å². The fraction of sp³-hybridized carbons (Fsp3) is 0.188. The van der Waals surface area contributed by atoms with Crippen molar-refractivity contribution in [1.29, 1.82) is 0 Å². The number of fused-ring (bicyclic) bond motifs is 1. The molecule has 1 N–H and O–H groups in total. The molecular formula is C16H16ClN3O2S2. The van der Waals surface area contributed by atoms with E-state index in [2.05, 4.69) is 10.3 Å². The van der Waals surface area contributed by atoms with Gasteiger partial charge in [-0.15, -0.1) is 11.3 Å². The summed E-state index contributed by atoms with van der Waals surface area (Å²) >= 11 is 7.20. The molecule has 0 saturated carbocycles. The minimum Gasteiger partial charge on any atom is -0.383 e. The van der Waals surface area contributed by atoms with E-state index in [9.17, 15) is 8.42 Å². The lowest BCUT2D eigenvalue weighted by Crippen LogP contribution is -2.31. The van der Waals surface area contributed by atoms with E-state index >= 15 is 0 Å². The molecule has 0 aliphatic heterocycles. The Morgan fingerprint density at radius 2 is 2.12 bits per heavy atom. The van der Waals surface area contributed by atoms with Gasteiger partial charge in [0.2, 0.25) is 0 Å². The summed E-state index contributed by atoms with van der Waals surface area (Å²) in [5, 5.41) is 6.61. The Balaban J connectivity index is 1.69. The van der Waals surface area contributed by atoms with Gasteiger partial charge in [0.15, 0.2) is 0 Å². The molecule has 2 aromatic heterocycles. The van der Waals surface area contributed by atoms with Crippen LogP contribution in [0, 0.1) is 0 Å². The zero-order valence-corrected chi connectivity index (χ0v) is 15.3. The molecule has 2 heterocycles. The third-order valence-corrected chi connectivity index (χ3v) is 7.07. The predicted octanol–water partition coefficient (Wildman–Crippen LogP) is 3.68. The van der Waals surface area contributed by atoms with Crippen LogP contribution in [-0.2, 0) is 10.0 Å². The molecule has 0 amide bonds. The Morgan fingerprint density at radius 3 is 2.88 bits per heavy atom. The van der Waals surface area contributed by atoms with Crippen LogP contribution in [0.15, 0.2) is 52.2 Å². The zero-order chi connectivity index (χ0) is 17.2. The Hall–Kier alpha value is -1.67. The Bertz CT molecular complexity index is 943. The maximum atomic E-state index is 12.4. The number of nitrogens with zero attached hydrogens (tertiary/aromatic N) is 2. The molecule has 3 rings (SSSR count). The lowest BCUT2D eigenvalue weighted by atomic mass is 10.2. The van der Waals surface area contributed by atoms with Crippen molar-refractivity contribution >= 4 is 49.6 Å². The van der Waals surface area contributed by atoms with Gasteiger partial charge in [0, 0.05) is 42.4 Å². The van der Waals surface area contributed by atoms with Crippen LogP contribution in [0.2, 0.25) is 5.02 Å². The van der Waals surface area contributed by atoms with Crippen molar-refractivity contribution in [3.63, 3.8) is 0 Å². The molecule has 5 nitrogen and oxygen atoms in total. The molecule has 0 atom stereocenters. The average molecular weight is 382 g/mol. The summed E-state index contributed by atoms with van der Waals surface area (Å²) in [6.45, 7) is 0.848. The number of nitrogens with one attached hydrogen (secondary N) is 1. The Morgan fingerprint density at radius 1 is 1.29 bits per heavy atom. The van der Waals surface area contributed by atoms with Crippen molar-refractivity contribution in [2.24, 2.45) is 0 Å². The van der Waals surface area contributed by atoms with Crippen molar-refractivity contribution in [3.8, 4) is 0 Å². The molecule has 0 fully saturated rings. The van der Waals surface area contributed by atoms with Gasteiger partial charge in [-0.1, -0.05) is 17.7 Å². The van der Waals surface area contributed by atoms with Crippen molar-refractivity contribution in [2.75, 3.05) is 25.5 Å². The second-order valence-corrected chi connectivity index (χ2v) is 8.86. The van der Waals surface area contributed by atoms with Gasteiger partial charge in [-0.05, 0) is 35.7 Å². The van der Waals surface area contributed by atoms with Crippen LogP contribution < -0.4 is 5.32 Å². The van der Waals surface area contributed by atoms with Gasteiger partial charge in [0.05, 0.1) is 5.52 Å². The Kier molecular flexibility index (Phi) is 5.05. The summed E-state index contributed by atoms with van der Waals surface area (Å²) in [7, 11) is -1.83. The lowest BCUT2D eigenvalue weighted by Gasteiger charge is -2.17. The van der Waals surface area contributed by atoms with Crippen LogP contribution in [0.3, 0.4) is 0 Å². The summed E-state index contributed by atoms with van der Waals surface area (Å²) in [5.41, 5.74) is 1.70. The Labute approximate surface area is 149 Å². The maximum absolute atomic E-state index is 12.4. The van der Waals surface area contributed by atoms with Gasteiger partial charge >= 0.3 is 0 Å². The third-order valence-electron chi connectivity index (χ3n) is 3.61. The van der Waals surface area contributed by atoms with Gasteiger partial charge in [0.1, 0.15) is 4.21 Å². The molecule has 3 aromatic rings. The molecule has 0 aliphatic rings. The number of benzene rings is 1. The van der Waals surface area contributed by atoms with Crippen LogP contribution in [-0.4, -0.2) is 37.8 Å². The maximum Gasteiger partial charge on any atom is 0.252 e. The number of thiophene rings is 1. The molecule has 0 unspecified atom stereocenters. The fourth-order valence-corrected chi connectivity index (χ4v) is 4.85. The highest BCUT2D eigenvalue weighted by Crippen LogP contribution is 2.24. The van der Waals surface area contributed by atoms with Crippen LogP contribution in [0.4, 0.5) is 5.69 Å². The third kappa shape index (κ3) is 3.54. The van der Waals surface area contributed by atoms with Gasteiger partial charge in [-0.25, -0.2) is 8.42 Å². The zero-order valence-electron chi connectivity index (χ0n) is 12.9. The van der Waals surface area contributed by atoms with Gasteiger partial charge < -0.3 is 5.32 Å². The number of halogens is 1. The number of rotatable bonds is 6. The monoisotopic (exact) mass is 381 g/mol. The van der Waals surface area contributed by atoms with Crippen LogP contribution in [0.5, 0.6) is 0 Å². The van der Waals surface area contributed by atoms with Gasteiger partial charge in [-0.3, -0.25) is 4.98 Å². The summed E-state index contributed by atoms with van der Waals surface area (Å²) in [6.07, 6.45) is 1.70. The van der Waals surface area contributed by atoms with Gasteiger partial charge in [0.25, 0.3) is 10.0 Å². The molecule has 24 heavy (non-hydrogen) atoms. The summed E-state index contributed by atoms with van der Waals surface area (Å²) in [5.74, 6) is 0. The molecule has 0 radical (unpaired) electrons. The number of sulfonamides is 1. The largest absolute Gasteiger partial charge is 0.383 e. The fourth-order valence-electron chi connectivity index (χ4n) is 2.31. The molecule has 126 valence electrons. The number of pyridine rings is 1. The highest BCUT2D eigenvalue weighted by Gasteiger charge is 2.21. The van der Waals surface area contributed by atoms with E-state index in [1.165, 1.54) is 15.6 Å². The first-order valence-corrected chi connectivity index (χ1v) is 9.96. The molecule has 0 aliphatic carbocycles. The molecule has 0 bridgehead atoms. The topological polar surface area (TPSA) is 62.3 Å². The second-order valence-electron chi connectivity index (χ2n) is 5.21. The van der Waals surface area contributed by atoms with Gasteiger partial charge in [-0.2, -0.15) is 4.31 Å². The second kappa shape index (κ2) is 7.06. The SMILES string of the molecule is CN(CCNc1ccnc2cc(Cl)ccc12)S(=O)(=O)c1cccs1. The minimum atomic E-state index is -3.42. The van der Waals surface area contributed by atoms with E-state index in [-0.39, 0.29) is 0 Å². The van der Waals surface area contributed by atoms with E-state index in [0.29, 0.717) is 22.3 Å². The van der Waals surface area contributed by atoms with Crippen LogP contribution in [0.1, 0.15) is 0 Å². The summed E-state index contributed by atoms with van der Waals surface area (Å²) in [6, 6.07) is 10.7. The highest BCUT2D eigenvalue weighted by atomic mass is 35.5. The average Bonchev–Trinajstić information content (AvgIpc) is 3.09. The molecule has 0 spiro atoms. The number of likely N-dealkylation sites (N-methyl/N-ethyl adjacent to an activating group) is 1. The van der Waals surface area contributed by atoms with E-state index in [0.717, 1.165) is 16.6 Å². The first-order chi connectivity index (χ1) is 11.5. The first kappa shape index (κ1) is 17.2. The number of anilines is 1. The number of hydrogen-bond acceptors (Lipinski definition) is 5. The van der Waals surface area contributed by atoms with E-state index < -0.39 is 10.0 Å². The molecule has 1 aromatic carbocycles. The lowest BCUT2D eigenvalue weighted by molar-refractivity contribution is 0.482. The normalized spacial score (nSPS) is 12.0. The van der Waals surface area contributed by atoms with Crippen molar-refractivity contribution in [2.45, 2.75) is 4.21 Å². The van der Waals surface area contributed by atoms with Crippen molar-refractivity contribution < 1.29 is 8.42 Å². The van der Waals surface area contributed by atoms with Crippen molar-refractivity contribution in [3.05, 3.63) is 53.0 Å². The van der Waals surface area contributed by atoms with E-state index in [4.69, 9.17) is 11.6 Å². The molecule has 0 saturated heterocycles. The standard InChI is InChI=1S/C16H16ClN3O2S2/c1-20(24(21,22)16-3-2-10-23-16)9-8-19-14-6-7-18-15-11-12(17)4-5-13(14)15/h2-7,10-11H,8-9H2,1H3,(H,18,19). The highest BCUT2D eigenvalue weighted by molar-refractivity contribution is 7.91. The molecule has 8 heteroatoms. The predicted molar refractivity (Wildman–Crippen MR) is 99.4 cm³/mol. The minimum absolute atomic E-state index is 0.356. The number of aromatic nitrogens is 1. The van der Waals surface area contributed by atoms with Crippen molar-refractivity contribution in [1.82, 2.24) is 9.29 Å². The van der Waals surface area contributed by atoms with Crippen LogP contribution in [0.25, 0.3) is 10.9 Å². The molecular weight excluding hydrogens is 366 g/mol. The van der Waals surface area contributed by atoms with E-state index in [1.807, 2.05) is 18.2 Å². The van der Waals surface area contributed by atoms with E-state index in [1.54, 1.807) is 36.8 Å².